The number of rotatable bonds is 5. The zero-order chi connectivity index (χ0) is 13.5. The zero-order valence-electron chi connectivity index (χ0n) is 10.7. The lowest BCUT2D eigenvalue weighted by Crippen LogP contribution is -2.45. The van der Waals surface area contributed by atoms with Crippen LogP contribution in [0.15, 0.2) is 0 Å². The maximum Gasteiger partial charge on any atom is 0.408 e. The predicted molar refractivity (Wildman–Crippen MR) is 62.0 cm³/mol. The maximum atomic E-state index is 11.5. The number of esters is 1. The number of hydrazine groups is 1. The Labute approximate surface area is 101 Å². The lowest BCUT2D eigenvalue weighted by atomic mass is 10.2. The van der Waals surface area contributed by atoms with Gasteiger partial charge >= 0.3 is 12.1 Å². The van der Waals surface area contributed by atoms with Crippen molar-refractivity contribution in [2.45, 2.75) is 38.8 Å². The molecule has 0 fully saturated rings. The molecule has 0 saturated carbocycles. The number of hydrogen-bond donors (Lipinski definition) is 3. The van der Waals surface area contributed by atoms with Crippen LogP contribution in [0.5, 0.6) is 0 Å². The van der Waals surface area contributed by atoms with Gasteiger partial charge in [-0.15, -0.1) is 0 Å². The third-order valence-electron chi connectivity index (χ3n) is 1.75. The Hall–Kier alpha value is -1.34. The van der Waals surface area contributed by atoms with Crippen molar-refractivity contribution in [2.24, 2.45) is 5.84 Å². The van der Waals surface area contributed by atoms with E-state index in [1.165, 1.54) is 7.11 Å². The topological polar surface area (TPSA) is 103 Å². The number of nitrogens with two attached hydrogens (primary N) is 1. The lowest BCUT2D eigenvalue weighted by molar-refractivity contribution is -0.143. The number of carbonyl (C=O) groups is 2. The van der Waals surface area contributed by atoms with Crippen LogP contribution >= 0.6 is 0 Å². The number of nitrogens with one attached hydrogen (secondary N) is 2. The Morgan fingerprint density at radius 1 is 1.35 bits per heavy atom. The summed E-state index contributed by atoms with van der Waals surface area (Å²) in [7, 11) is 1.25. The highest BCUT2D eigenvalue weighted by Gasteiger charge is 2.24. The minimum absolute atomic E-state index is 0.322. The van der Waals surface area contributed by atoms with Crippen molar-refractivity contribution in [3.63, 3.8) is 0 Å². The molecule has 17 heavy (non-hydrogen) atoms. The van der Waals surface area contributed by atoms with E-state index in [1.54, 1.807) is 20.8 Å². The average molecular weight is 247 g/mol. The zero-order valence-corrected chi connectivity index (χ0v) is 10.7. The van der Waals surface area contributed by atoms with Crippen molar-refractivity contribution in [3.05, 3.63) is 0 Å². The highest BCUT2D eigenvalue weighted by atomic mass is 16.6. The first kappa shape index (κ1) is 15.7. The number of hydrogen-bond acceptors (Lipinski definition) is 6. The molecule has 1 atom stereocenters. The highest BCUT2D eigenvalue weighted by Crippen LogP contribution is 2.07. The van der Waals surface area contributed by atoms with Gasteiger partial charge in [0.1, 0.15) is 11.6 Å². The molecule has 4 N–H and O–H groups in total. The van der Waals surface area contributed by atoms with Gasteiger partial charge in [-0.05, 0) is 27.2 Å². The van der Waals surface area contributed by atoms with E-state index in [0.717, 1.165) is 0 Å². The van der Waals surface area contributed by atoms with Crippen LogP contribution in [0.2, 0.25) is 0 Å². The first-order chi connectivity index (χ1) is 7.80. The molecule has 0 aliphatic rings. The summed E-state index contributed by atoms with van der Waals surface area (Å²) in [5.74, 6) is 4.57. The van der Waals surface area contributed by atoms with Crippen LogP contribution in [0.3, 0.4) is 0 Å². The van der Waals surface area contributed by atoms with Crippen molar-refractivity contribution in [1.29, 1.82) is 0 Å². The van der Waals surface area contributed by atoms with Gasteiger partial charge in [0.2, 0.25) is 0 Å². The minimum Gasteiger partial charge on any atom is -0.467 e. The van der Waals surface area contributed by atoms with Crippen LogP contribution in [0.4, 0.5) is 4.79 Å². The van der Waals surface area contributed by atoms with E-state index in [2.05, 4.69) is 15.5 Å². The minimum atomic E-state index is -0.772. The molecule has 7 heteroatoms. The summed E-state index contributed by atoms with van der Waals surface area (Å²) in [6.45, 7) is 5.58. The second-order valence-corrected chi connectivity index (χ2v) is 4.46. The number of amides is 1. The second kappa shape index (κ2) is 7.08. The molecule has 0 bridgehead atoms. The fourth-order valence-electron chi connectivity index (χ4n) is 1.07. The van der Waals surface area contributed by atoms with Crippen molar-refractivity contribution >= 4 is 12.1 Å². The number of alkyl carbamates (subject to hydrolysis) is 1. The van der Waals surface area contributed by atoms with Gasteiger partial charge in [0.05, 0.1) is 7.11 Å². The van der Waals surface area contributed by atoms with Crippen LogP contribution in [0.1, 0.15) is 27.2 Å². The molecule has 0 rings (SSSR count). The molecule has 1 unspecified atom stereocenters. The Balaban J connectivity index is 4.32. The van der Waals surface area contributed by atoms with E-state index in [1.807, 2.05) is 0 Å². The molecule has 0 aromatic carbocycles. The van der Waals surface area contributed by atoms with Gasteiger partial charge in [-0.1, -0.05) is 0 Å². The Bertz CT molecular complexity index is 263. The largest absolute Gasteiger partial charge is 0.467 e. The first-order valence-corrected chi connectivity index (χ1v) is 5.31. The van der Waals surface area contributed by atoms with Gasteiger partial charge in [0.25, 0.3) is 0 Å². The number of carbonyl (C=O) groups excluding carboxylic acids is 2. The monoisotopic (exact) mass is 247 g/mol. The van der Waals surface area contributed by atoms with Crippen molar-refractivity contribution < 1.29 is 19.1 Å². The van der Waals surface area contributed by atoms with E-state index in [-0.39, 0.29) is 0 Å². The summed E-state index contributed by atoms with van der Waals surface area (Å²) >= 11 is 0. The normalized spacial score (nSPS) is 12.8. The molecule has 0 radical (unpaired) electrons. The molecule has 1 amide bonds. The van der Waals surface area contributed by atoms with Crippen LogP contribution in [0, 0.1) is 0 Å². The maximum absolute atomic E-state index is 11.5. The molecule has 0 aromatic rings. The standard InChI is InChI=1S/C10H21N3O4/c1-10(2,3)17-9(15)13-7(5-6-12-11)8(14)16-4/h7,12H,5-6,11H2,1-4H3,(H,13,15). The van der Waals surface area contributed by atoms with E-state index in [9.17, 15) is 9.59 Å². The molecular formula is C10H21N3O4. The quantitative estimate of drug-likeness (QED) is 0.356. The first-order valence-electron chi connectivity index (χ1n) is 5.31. The highest BCUT2D eigenvalue weighted by molar-refractivity contribution is 5.81. The van der Waals surface area contributed by atoms with Gasteiger partial charge < -0.3 is 14.8 Å². The molecule has 100 valence electrons. The average Bonchev–Trinajstić information content (AvgIpc) is 2.20. The van der Waals surface area contributed by atoms with Gasteiger partial charge in [0.15, 0.2) is 0 Å². The summed E-state index contributed by atoms with van der Waals surface area (Å²) in [5, 5.41) is 2.43. The van der Waals surface area contributed by atoms with Gasteiger partial charge in [-0.2, -0.15) is 0 Å². The molecule has 0 aliphatic carbocycles. The lowest BCUT2D eigenvalue weighted by Gasteiger charge is -2.22. The summed E-state index contributed by atoms with van der Waals surface area (Å²) < 4.78 is 9.60. The molecule has 0 heterocycles. The van der Waals surface area contributed by atoms with Gasteiger partial charge in [-0.3, -0.25) is 11.3 Å². The van der Waals surface area contributed by atoms with Crippen LogP contribution in [-0.4, -0.2) is 37.4 Å². The van der Waals surface area contributed by atoms with Gasteiger partial charge in [-0.25, -0.2) is 9.59 Å². The summed E-state index contributed by atoms with van der Waals surface area (Å²) in [5.41, 5.74) is 1.78. The Morgan fingerprint density at radius 3 is 2.35 bits per heavy atom. The summed E-state index contributed by atoms with van der Waals surface area (Å²) in [4.78, 5) is 22.8. The number of methoxy groups -OCH3 is 1. The smallest absolute Gasteiger partial charge is 0.408 e. The fraction of sp³-hybridized carbons (Fsp3) is 0.800. The summed E-state index contributed by atoms with van der Waals surface area (Å²) in [6.07, 6.45) is -0.340. The van der Waals surface area contributed by atoms with E-state index >= 15 is 0 Å². The third kappa shape index (κ3) is 7.53. The van der Waals surface area contributed by atoms with E-state index in [4.69, 9.17) is 10.6 Å². The fourth-order valence-corrected chi connectivity index (χ4v) is 1.07. The molecule has 7 nitrogen and oxygen atoms in total. The van der Waals surface area contributed by atoms with Crippen LogP contribution < -0.4 is 16.6 Å². The van der Waals surface area contributed by atoms with Crippen LogP contribution in [0.25, 0.3) is 0 Å². The summed E-state index contributed by atoms with van der Waals surface area (Å²) in [6, 6.07) is -0.772. The molecule has 0 aromatic heterocycles. The van der Waals surface area contributed by atoms with E-state index < -0.39 is 23.7 Å². The Kier molecular flexibility index (Phi) is 6.52. The van der Waals surface area contributed by atoms with Crippen molar-refractivity contribution in [2.75, 3.05) is 13.7 Å². The molecule has 0 saturated heterocycles. The van der Waals surface area contributed by atoms with Crippen molar-refractivity contribution in [3.8, 4) is 0 Å². The molecule has 0 spiro atoms. The third-order valence-corrected chi connectivity index (χ3v) is 1.75. The number of ether oxygens (including phenoxy) is 2. The van der Waals surface area contributed by atoms with Crippen molar-refractivity contribution in [1.82, 2.24) is 10.7 Å². The second-order valence-electron chi connectivity index (χ2n) is 4.46. The predicted octanol–water partition coefficient (Wildman–Crippen LogP) is -0.0939. The van der Waals surface area contributed by atoms with E-state index in [0.29, 0.717) is 13.0 Å². The molecule has 0 aliphatic heterocycles. The Morgan fingerprint density at radius 2 is 1.94 bits per heavy atom. The SMILES string of the molecule is COC(=O)C(CCNN)NC(=O)OC(C)(C)C. The molecular weight excluding hydrogens is 226 g/mol. The van der Waals surface area contributed by atoms with Crippen LogP contribution in [-0.2, 0) is 14.3 Å². The van der Waals surface area contributed by atoms with Gasteiger partial charge in [0, 0.05) is 6.54 Å².